The van der Waals surface area contributed by atoms with Crippen LogP contribution in [0.4, 0.5) is 0 Å². The van der Waals surface area contributed by atoms with E-state index in [0.717, 1.165) is 11.1 Å². The van der Waals surface area contributed by atoms with Crippen molar-refractivity contribution >= 4 is 0 Å². The minimum atomic E-state index is 0.163. The van der Waals surface area contributed by atoms with Crippen molar-refractivity contribution in [1.82, 2.24) is 0 Å². The molecule has 0 spiro atoms. The van der Waals surface area contributed by atoms with Gasteiger partial charge in [0.05, 0.1) is 0 Å². The molecule has 0 radical (unpaired) electrons. The van der Waals surface area contributed by atoms with Gasteiger partial charge in [0.15, 0.2) is 0 Å². The van der Waals surface area contributed by atoms with E-state index in [9.17, 15) is 10.2 Å². The molecule has 0 unspecified atom stereocenters. The molecule has 0 amide bonds. The molecule has 1 aromatic carbocycles. The molecule has 74 valence electrons. The first kappa shape index (κ1) is 10.4. The van der Waals surface area contributed by atoms with E-state index in [0.29, 0.717) is 0 Å². The Balaban J connectivity index is 3.44. The van der Waals surface area contributed by atoms with Crippen LogP contribution in [0.3, 0.4) is 0 Å². The minimum Gasteiger partial charge on any atom is -0.508 e. The van der Waals surface area contributed by atoms with Crippen LogP contribution in [0.1, 0.15) is 11.1 Å². The lowest BCUT2D eigenvalue weighted by atomic mass is 10.2. The molecule has 0 bridgehead atoms. The van der Waals surface area contributed by atoms with Crippen molar-refractivity contribution in [3.05, 3.63) is 47.5 Å². The van der Waals surface area contributed by atoms with Crippen LogP contribution >= 0.6 is 0 Å². The predicted octanol–water partition coefficient (Wildman–Crippen LogP) is 2.84. The van der Waals surface area contributed by atoms with Gasteiger partial charge >= 0.3 is 0 Å². The van der Waals surface area contributed by atoms with Crippen molar-refractivity contribution in [2.45, 2.75) is 13.8 Å². The van der Waals surface area contributed by atoms with Crippen LogP contribution in [0.5, 0.6) is 11.5 Å². The Morgan fingerprint density at radius 3 is 1.43 bits per heavy atom. The van der Waals surface area contributed by atoms with Gasteiger partial charge in [-0.25, -0.2) is 0 Å². The Labute approximate surface area is 83.8 Å². The van der Waals surface area contributed by atoms with Crippen molar-refractivity contribution in [1.29, 1.82) is 0 Å². The average molecular weight is 190 g/mol. The number of hydrogen-bond donors (Lipinski definition) is 2. The number of rotatable bonds is 0. The van der Waals surface area contributed by atoms with Crippen LogP contribution in [0, 0.1) is 13.8 Å². The first-order valence-electron chi connectivity index (χ1n) is 4.44. The monoisotopic (exact) mass is 190 g/mol. The predicted molar refractivity (Wildman–Crippen MR) is 56.9 cm³/mol. The average Bonchev–Trinajstić information content (AvgIpc) is 2.18. The molecule has 0 atom stereocenters. The molecular weight excluding hydrogens is 176 g/mol. The van der Waals surface area contributed by atoms with Crippen molar-refractivity contribution in [2.75, 3.05) is 0 Å². The van der Waals surface area contributed by atoms with E-state index < -0.39 is 0 Å². The normalized spacial score (nSPS) is 9.29. The molecule has 14 heavy (non-hydrogen) atoms. The van der Waals surface area contributed by atoms with Gasteiger partial charge in [-0.1, -0.05) is 24.3 Å². The lowest BCUT2D eigenvalue weighted by Crippen LogP contribution is -1.70. The van der Waals surface area contributed by atoms with E-state index in [-0.39, 0.29) is 11.5 Å². The lowest BCUT2D eigenvalue weighted by molar-refractivity contribution is 0.463. The van der Waals surface area contributed by atoms with Gasteiger partial charge in [-0.3, -0.25) is 0 Å². The Bertz CT molecular complexity index is 345. The highest BCUT2D eigenvalue weighted by molar-refractivity contribution is 5.33. The number of hydrogen-bond acceptors (Lipinski definition) is 2. The molecule has 2 nitrogen and oxygen atoms in total. The first-order chi connectivity index (χ1) is 6.61. The molecule has 0 aromatic heterocycles. The molecule has 2 heteroatoms. The SMILES string of the molecule is Cc1ccccc(C)c(O)ccc1O. The van der Waals surface area contributed by atoms with Crippen LogP contribution in [-0.2, 0) is 0 Å². The Kier molecular flexibility index (Phi) is 3.35. The summed E-state index contributed by atoms with van der Waals surface area (Å²) in [6.45, 7) is 3.61. The van der Waals surface area contributed by atoms with E-state index in [1.54, 1.807) is 13.8 Å². The van der Waals surface area contributed by atoms with Crippen LogP contribution in [0.15, 0.2) is 36.4 Å². The van der Waals surface area contributed by atoms with Crippen LogP contribution in [0.25, 0.3) is 0 Å². The third kappa shape index (κ3) is 2.66. The van der Waals surface area contributed by atoms with E-state index in [1.165, 1.54) is 12.1 Å². The smallest absolute Gasteiger partial charge is 0.118 e. The zero-order valence-corrected chi connectivity index (χ0v) is 8.36. The second-order valence-electron chi connectivity index (χ2n) is 3.19. The summed E-state index contributed by atoms with van der Waals surface area (Å²) in [6.07, 6.45) is 0. The summed E-state index contributed by atoms with van der Waals surface area (Å²) < 4.78 is 0. The highest BCUT2D eigenvalue weighted by Gasteiger charge is 1.90. The summed E-state index contributed by atoms with van der Waals surface area (Å²) in [4.78, 5) is 0. The zero-order valence-electron chi connectivity index (χ0n) is 8.36. The van der Waals surface area contributed by atoms with Crippen LogP contribution in [-0.4, -0.2) is 10.2 Å². The molecule has 1 rings (SSSR count). The standard InChI is InChI=1S/C12H14O2/c1-9-5-3-4-6-10(2)12(14)8-7-11(9)13/h3-8,13-14H,1-2H3. The van der Waals surface area contributed by atoms with Crippen LogP contribution in [0.2, 0.25) is 0 Å². The van der Waals surface area contributed by atoms with Gasteiger partial charge in [-0.05, 0) is 37.1 Å². The Morgan fingerprint density at radius 1 is 0.714 bits per heavy atom. The molecule has 0 saturated heterocycles. The number of aryl methyl sites for hydroxylation is 2. The van der Waals surface area contributed by atoms with Crippen LogP contribution < -0.4 is 0 Å². The van der Waals surface area contributed by atoms with Gasteiger partial charge in [-0.15, -0.1) is 0 Å². The van der Waals surface area contributed by atoms with E-state index >= 15 is 0 Å². The summed E-state index contributed by atoms with van der Waals surface area (Å²) in [5, 5.41) is 19.0. The zero-order chi connectivity index (χ0) is 10.6. The van der Waals surface area contributed by atoms with E-state index in [1.807, 2.05) is 24.3 Å². The minimum absolute atomic E-state index is 0.163. The molecule has 0 aliphatic rings. The fraction of sp³-hybridized carbons (Fsp3) is 0.167. The third-order valence-electron chi connectivity index (χ3n) is 2.01. The van der Waals surface area contributed by atoms with Gasteiger partial charge in [0.1, 0.15) is 11.5 Å². The second kappa shape index (κ2) is 4.51. The molecule has 1 aromatic rings. The van der Waals surface area contributed by atoms with Crippen molar-refractivity contribution < 1.29 is 10.2 Å². The molecular formula is C12H14O2. The molecule has 0 fully saturated rings. The molecule has 0 heterocycles. The fourth-order valence-electron chi connectivity index (χ4n) is 0.991. The summed E-state index contributed by atoms with van der Waals surface area (Å²) in [5.74, 6) is 0.326. The van der Waals surface area contributed by atoms with Crippen molar-refractivity contribution in [2.24, 2.45) is 0 Å². The second-order valence-corrected chi connectivity index (χ2v) is 3.19. The summed E-state index contributed by atoms with van der Waals surface area (Å²) in [7, 11) is 0. The topological polar surface area (TPSA) is 40.5 Å². The third-order valence-corrected chi connectivity index (χ3v) is 2.01. The maximum absolute atomic E-state index is 9.49. The van der Waals surface area contributed by atoms with Gasteiger partial charge in [0, 0.05) is 0 Å². The highest BCUT2D eigenvalue weighted by Crippen LogP contribution is 2.16. The molecule has 0 aliphatic heterocycles. The molecule has 0 saturated carbocycles. The number of aromatic hydroxyl groups is 2. The highest BCUT2D eigenvalue weighted by atomic mass is 16.3. The summed E-state index contributed by atoms with van der Waals surface area (Å²) in [6, 6.07) is 10.2. The summed E-state index contributed by atoms with van der Waals surface area (Å²) in [5.41, 5.74) is 1.52. The Morgan fingerprint density at radius 2 is 1.07 bits per heavy atom. The van der Waals surface area contributed by atoms with Crippen molar-refractivity contribution in [3.63, 3.8) is 0 Å². The lowest BCUT2D eigenvalue weighted by Gasteiger charge is -1.94. The molecule has 0 aliphatic carbocycles. The maximum Gasteiger partial charge on any atom is 0.118 e. The first-order valence-corrected chi connectivity index (χ1v) is 4.44. The van der Waals surface area contributed by atoms with Gasteiger partial charge < -0.3 is 10.2 Å². The maximum atomic E-state index is 9.49. The van der Waals surface area contributed by atoms with Gasteiger partial charge in [0.2, 0.25) is 0 Å². The van der Waals surface area contributed by atoms with E-state index in [2.05, 4.69) is 0 Å². The van der Waals surface area contributed by atoms with E-state index in [4.69, 9.17) is 0 Å². The van der Waals surface area contributed by atoms with Crippen molar-refractivity contribution in [3.8, 4) is 11.5 Å². The van der Waals surface area contributed by atoms with Gasteiger partial charge in [0.25, 0.3) is 0 Å². The quantitative estimate of drug-likeness (QED) is 0.660. The largest absolute Gasteiger partial charge is 0.508 e. The Hall–Kier alpha value is -1.70. The molecule has 2 N–H and O–H groups in total. The summed E-state index contributed by atoms with van der Waals surface area (Å²) >= 11 is 0. The van der Waals surface area contributed by atoms with Gasteiger partial charge in [-0.2, -0.15) is 0 Å². The fourth-order valence-corrected chi connectivity index (χ4v) is 0.991.